The summed E-state index contributed by atoms with van der Waals surface area (Å²) in [7, 11) is 0. The highest BCUT2D eigenvalue weighted by Crippen LogP contribution is 2.28. The average molecular weight is 355 g/mol. The number of rotatable bonds is 6. The highest BCUT2D eigenvalue weighted by atomic mass is 79.9. The molecule has 0 unspecified atom stereocenters. The first-order chi connectivity index (χ1) is 9.70. The summed E-state index contributed by atoms with van der Waals surface area (Å²) < 4.78 is 6.73. The molecule has 0 radical (unpaired) electrons. The van der Waals surface area contributed by atoms with Crippen LogP contribution < -0.4 is 10.1 Å². The lowest BCUT2D eigenvalue weighted by Gasteiger charge is -2.12. The van der Waals surface area contributed by atoms with E-state index in [1.165, 1.54) is 11.1 Å². The molecule has 0 fully saturated rings. The summed E-state index contributed by atoms with van der Waals surface area (Å²) in [6.07, 6.45) is 0. The fourth-order valence-corrected chi connectivity index (χ4v) is 2.68. The molecule has 2 rings (SSSR count). The Morgan fingerprint density at radius 3 is 2.60 bits per heavy atom. The molecule has 0 heterocycles. The van der Waals surface area contributed by atoms with Crippen LogP contribution in [0.4, 0.5) is 0 Å². The lowest BCUT2D eigenvalue weighted by molar-refractivity contribution is 0.303. The van der Waals surface area contributed by atoms with Gasteiger partial charge in [-0.05, 0) is 51.8 Å². The molecule has 1 N–H and O–H groups in total. The van der Waals surface area contributed by atoms with Crippen LogP contribution in [0.15, 0.2) is 46.9 Å². The van der Waals surface area contributed by atoms with Gasteiger partial charge in [0, 0.05) is 11.6 Å². The van der Waals surface area contributed by atoms with E-state index in [0.717, 1.165) is 23.3 Å². The average Bonchev–Trinajstić information content (AvgIpc) is 2.45. The lowest BCUT2D eigenvalue weighted by atomic mass is 10.1. The Morgan fingerprint density at radius 1 is 1.15 bits per heavy atom. The summed E-state index contributed by atoms with van der Waals surface area (Å²) in [5.74, 6) is 0.799. The van der Waals surface area contributed by atoms with Crippen LogP contribution in [-0.4, -0.2) is 6.54 Å². The molecule has 0 saturated carbocycles. The number of nitrogens with one attached hydrogen (secondary N) is 1. The second-order valence-corrected chi connectivity index (χ2v) is 5.70. The Kier molecular flexibility index (Phi) is 5.89. The molecule has 4 heteroatoms. The Hall–Kier alpha value is -1.03. The van der Waals surface area contributed by atoms with E-state index in [-0.39, 0.29) is 0 Å². The van der Waals surface area contributed by atoms with Gasteiger partial charge >= 0.3 is 0 Å². The topological polar surface area (TPSA) is 21.3 Å². The van der Waals surface area contributed by atoms with Gasteiger partial charge < -0.3 is 10.1 Å². The minimum atomic E-state index is 0.543. The number of halogens is 2. The monoisotopic (exact) mass is 353 g/mol. The van der Waals surface area contributed by atoms with E-state index in [2.05, 4.69) is 40.3 Å². The molecule has 2 nitrogen and oxygen atoms in total. The summed E-state index contributed by atoms with van der Waals surface area (Å²) in [4.78, 5) is 0. The first-order valence-electron chi connectivity index (χ1n) is 6.56. The molecule has 2 aromatic rings. The molecular formula is C16H17BrClNO. The molecule has 0 bridgehead atoms. The van der Waals surface area contributed by atoms with Gasteiger partial charge in [0.2, 0.25) is 0 Å². The molecule has 106 valence electrons. The number of hydrogen-bond acceptors (Lipinski definition) is 2. The summed E-state index contributed by atoms with van der Waals surface area (Å²) >= 11 is 9.38. The Morgan fingerprint density at radius 2 is 1.90 bits per heavy atom. The van der Waals surface area contributed by atoms with Crippen molar-refractivity contribution in [1.82, 2.24) is 5.32 Å². The van der Waals surface area contributed by atoms with Gasteiger partial charge in [-0.25, -0.2) is 0 Å². The third kappa shape index (κ3) is 4.23. The fourth-order valence-electron chi connectivity index (χ4n) is 1.88. The van der Waals surface area contributed by atoms with Crippen molar-refractivity contribution in [1.29, 1.82) is 0 Å². The third-order valence-electron chi connectivity index (χ3n) is 2.96. The van der Waals surface area contributed by atoms with Crippen molar-refractivity contribution in [3.8, 4) is 5.75 Å². The van der Waals surface area contributed by atoms with Gasteiger partial charge in [-0.2, -0.15) is 0 Å². The maximum atomic E-state index is 5.92. The maximum Gasteiger partial charge on any atom is 0.134 e. The molecule has 0 amide bonds. The van der Waals surface area contributed by atoms with Gasteiger partial charge in [-0.15, -0.1) is 0 Å². The number of hydrogen-bond donors (Lipinski definition) is 1. The second kappa shape index (κ2) is 7.67. The predicted octanol–water partition coefficient (Wildman–Crippen LogP) is 4.79. The highest BCUT2D eigenvalue weighted by Gasteiger charge is 2.05. The van der Waals surface area contributed by atoms with Crippen LogP contribution in [0.25, 0.3) is 0 Å². The second-order valence-electron chi connectivity index (χ2n) is 4.41. The predicted molar refractivity (Wildman–Crippen MR) is 87.3 cm³/mol. The molecule has 0 saturated heterocycles. The van der Waals surface area contributed by atoms with E-state index in [1.54, 1.807) is 0 Å². The minimum absolute atomic E-state index is 0.543. The van der Waals surface area contributed by atoms with Crippen LogP contribution in [-0.2, 0) is 13.2 Å². The van der Waals surface area contributed by atoms with Crippen LogP contribution in [0.2, 0.25) is 5.02 Å². The minimum Gasteiger partial charge on any atom is -0.488 e. The van der Waals surface area contributed by atoms with Gasteiger partial charge in [0.25, 0.3) is 0 Å². The van der Waals surface area contributed by atoms with E-state index in [4.69, 9.17) is 16.3 Å². The van der Waals surface area contributed by atoms with Crippen molar-refractivity contribution in [3.63, 3.8) is 0 Å². The van der Waals surface area contributed by atoms with Crippen molar-refractivity contribution in [3.05, 3.63) is 63.1 Å². The Balaban J connectivity index is 2.06. The van der Waals surface area contributed by atoms with Crippen molar-refractivity contribution < 1.29 is 4.74 Å². The van der Waals surface area contributed by atoms with Crippen molar-refractivity contribution in [2.45, 2.75) is 20.1 Å². The molecule has 0 aliphatic heterocycles. The van der Waals surface area contributed by atoms with Gasteiger partial charge in [0.05, 0.1) is 4.47 Å². The molecular weight excluding hydrogens is 338 g/mol. The summed E-state index contributed by atoms with van der Waals surface area (Å²) in [6, 6.07) is 13.8. The fraction of sp³-hybridized carbons (Fsp3) is 0.250. The van der Waals surface area contributed by atoms with Crippen molar-refractivity contribution in [2.24, 2.45) is 0 Å². The SMILES string of the molecule is CCNCc1ccccc1COc1ccc(Cl)cc1Br. The zero-order valence-corrected chi connectivity index (χ0v) is 13.7. The van der Waals surface area contributed by atoms with Gasteiger partial charge in [-0.3, -0.25) is 0 Å². The van der Waals surface area contributed by atoms with Gasteiger partial charge in [0.1, 0.15) is 12.4 Å². The van der Waals surface area contributed by atoms with Crippen LogP contribution >= 0.6 is 27.5 Å². The zero-order chi connectivity index (χ0) is 14.4. The normalized spacial score (nSPS) is 10.6. The Labute approximate surface area is 133 Å². The van der Waals surface area contributed by atoms with Crippen molar-refractivity contribution in [2.75, 3.05) is 6.54 Å². The highest BCUT2D eigenvalue weighted by molar-refractivity contribution is 9.10. The molecule has 20 heavy (non-hydrogen) atoms. The van der Waals surface area contributed by atoms with Gasteiger partial charge in [-0.1, -0.05) is 42.8 Å². The molecule has 0 aliphatic carbocycles. The van der Waals surface area contributed by atoms with E-state index in [9.17, 15) is 0 Å². The third-order valence-corrected chi connectivity index (χ3v) is 3.82. The zero-order valence-electron chi connectivity index (χ0n) is 11.3. The van der Waals surface area contributed by atoms with Crippen LogP contribution in [0.3, 0.4) is 0 Å². The van der Waals surface area contributed by atoms with E-state index in [1.807, 2.05) is 30.3 Å². The molecule has 0 aromatic heterocycles. The molecule has 0 aliphatic rings. The van der Waals surface area contributed by atoms with Gasteiger partial charge in [0.15, 0.2) is 0 Å². The standard InChI is InChI=1S/C16H17BrClNO/c1-2-19-10-12-5-3-4-6-13(12)11-20-16-8-7-14(18)9-15(16)17/h3-9,19H,2,10-11H2,1H3. The maximum absolute atomic E-state index is 5.92. The molecule has 0 atom stereocenters. The summed E-state index contributed by atoms with van der Waals surface area (Å²) in [6.45, 7) is 4.46. The number of benzene rings is 2. The quantitative estimate of drug-likeness (QED) is 0.805. The number of ether oxygens (including phenoxy) is 1. The van der Waals surface area contributed by atoms with Crippen LogP contribution in [0.5, 0.6) is 5.75 Å². The Bertz CT molecular complexity index is 574. The van der Waals surface area contributed by atoms with E-state index >= 15 is 0 Å². The molecule has 2 aromatic carbocycles. The summed E-state index contributed by atoms with van der Waals surface area (Å²) in [5, 5.41) is 4.03. The van der Waals surface area contributed by atoms with Crippen molar-refractivity contribution >= 4 is 27.5 Å². The summed E-state index contributed by atoms with van der Waals surface area (Å²) in [5.41, 5.74) is 2.45. The van der Waals surface area contributed by atoms with Crippen LogP contribution in [0, 0.1) is 0 Å². The largest absolute Gasteiger partial charge is 0.488 e. The van der Waals surface area contributed by atoms with E-state index < -0.39 is 0 Å². The van der Waals surface area contributed by atoms with Crippen LogP contribution in [0.1, 0.15) is 18.1 Å². The lowest BCUT2D eigenvalue weighted by Crippen LogP contribution is -2.14. The molecule has 0 spiro atoms. The smallest absolute Gasteiger partial charge is 0.134 e. The first kappa shape index (κ1) is 15.4. The first-order valence-corrected chi connectivity index (χ1v) is 7.73. The van der Waals surface area contributed by atoms with E-state index in [0.29, 0.717) is 11.6 Å².